The van der Waals surface area contributed by atoms with Crippen LogP contribution >= 0.6 is 12.4 Å². The molecular weight excluding hydrogens is 269 g/mol. The van der Waals surface area contributed by atoms with Gasteiger partial charge in [0.15, 0.2) is 5.82 Å². The third kappa shape index (κ3) is 3.88. The van der Waals surface area contributed by atoms with Crippen molar-refractivity contribution in [2.45, 2.75) is 31.7 Å². The second kappa shape index (κ2) is 7.40. The Kier molecular flexibility index (Phi) is 6.18. The summed E-state index contributed by atoms with van der Waals surface area (Å²) in [5.74, 6) is -0.585. The van der Waals surface area contributed by atoms with Crippen LogP contribution in [0.15, 0.2) is 18.5 Å². The van der Waals surface area contributed by atoms with E-state index in [4.69, 9.17) is 5.73 Å². The van der Waals surface area contributed by atoms with E-state index in [2.05, 4.69) is 10.3 Å². The van der Waals surface area contributed by atoms with Crippen molar-refractivity contribution < 1.29 is 9.18 Å². The van der Waals surface area contributed by atoms with Crippen LogP contribution in [0.2, 0.25) is 0 Å². The van der Waals surface area contributed by atoms with Crippen molar-refractivity contribution in [3.8, 4) is 0 Å². The maximum atomic E-state index is 13.4. The fourth-order valence-corrected chi connectivity index (χ4v) is 2.53. The molecule has 1 unspecified atom stereocenters. The van der Waals surface area contributed by atoms with E-state index in [0.29, 0.717) is 12.5 Å². The monoisotopic (exact) mass is 287 g/mol. The van der Waals surface area contributed by atoms with Gasteiger partial charge >= 0.3 is 0 Å². The Morgan fingerprint density at radius 3 is 2.79 bits per heavy atom. The Labute approximate surface area is 118 Å². The summed E-state index contributed by atoms with van der Waals surface area (Å²) in [5.41, 5.74) is 5.73. The van der Waals surface area contributed by atoms with Crippen LogP contribution in [0.1, 0.15) is 36.0 Å². The first-order valence-corrected chi connectivity index (χ1v) is 6.33. The number of nitrogens with two attached hydrogens (primary N) is 1. The van der Waals surface area contributed by atoms with Crippen molar-refractivity contribution in [1.29, 1.82) is 0 Å². The minimum Gasteiger partial charge on any atom is -0.348 e. The summed E-state index contributed by atoms with van der Waals surface area (Å²) >= 11 is 0. The fourth-order valence-electron chi connectivity index (χ4n) is 2.53. The van der Waals surface area contributed by atoms with Gasteiger partial charge in [0.05, 0.1) is 11.8 Å². The average molecular weight is 288 g/mol. The zero-order chi connectivity index (χ0) is 13.0. The summed E-state index contributed by atoms with van der Waals surface area (Å²) in [6, 6.07) is 1.32. The van der Waals surface area contributed by atoms with Gasteiger partial charge in [0.2, 0.25) is 0 Å². The summed E-state index contributed by atoms with van der Waals surface area (Å²) in [4.78, 5) is 15.6. The van der Waals surface area contributed by atoms with Gasteiger partial charge in [0, 0.05) is 18.8 Å². The number of hydrogen-bond acceptors (Lipinski definition) is 3. The van der Waals surface area contributed by atoms with Crippen LogP contribution in [0.25, 0.3) is 0 Å². The van der Waals surface area contributed by atoms with Crippen molar-refractivity contribution in [2.24, 2.45) is 11.7 Å². The summed E-state index contributed by atoms with van der Waals surface area (Å²) in [5, 5.41) is 2.83. The van der Waals surface area contributed by atoms with Crippen LogP contribution < -0.4 is 11.1 Å². The minimum atomic E-state index is -0.600. The highest BCUT2D eigenvalue weighted by Crippen LogP contribution is 2.27. The molecule has 19 heavy (non-hydrogen) atoms. The smallest absolute Gasteiger partial charge is 0.254 e. The average Bonchev–Trinajstić information content (AvgIpc) is 2.90. The molecule has 1 aliphatic carbocycles. The van der Waals surface area contributed by atoms with Crippen LogP contribution in [0.4, 0.5) is 4.39 Å². The predicted molar refractivity (Wildman–Crippen MR) is 73.7 cm³/mol. The van der Waals surface area contributed by atoms with Crippen molar-refractivity contribution >= 4 is 18.3 Å². The number of nitrogens with one attached hydrogen (secondary N) is 1. The number of halogens is 2. The molecule has 1 heterocycles. The van der Waals surface area contributed by atoms with Crippen LogP contribution in [-0.4, -0.2) is 23.5 Å². The van der Waals surface area contributed by atoms with Gasteiger partial charge in [-0.2, -0.15) is 0 Å². The van der Waals surface area contributed by atoms with Crippen LogP contribution in [-0.2, 0) is 0 Å². The standard InChI is InChI=1S/C13H18FN3O.ClH/c14-11-8-16-6-5-10(11)13(18)17-12(7-15)9-3-1-2-4-9;/h5-6,8-9,12H,1-4,7,15H2,(H,17,18);1H. The second-order valence-corrected chi connectivity index (χ2v) is 4.72. The van der Waals surface area contributed by atoms with Crippen molar-refractivity contribution in [2.75, 3.05) is 6.54 Å². The van der Waals surface area contributed by atoms with E-state index in [9.17, 15) is 9.18 Å². The van der Waals surface area contributed by atoms with Gasteiger partial charge in [-0.15, -0.1) is 12.4 Å². The molecule has 6 heteroatoms. The van der Waals surface area contributed by atoms with Gasteiger partial charge < -0.3 is 11.1 Å². The van der Waals surface area contributed by atoms with Gasteiger partial charge in [0.25, 0.3) is 5.91 Å². The van der Waals surface area contributed by atoms with Gasteiger partial charge in [0.1, 0.15) is 0 Å². The molecule has 1 aliphatic rings. The van der Waals surface area contributed by atoms with Gasteiger partial charge in [-0.3, -0.25) is 9.78 Å². The highest BCUT2D eigenvalue weighted by molar-refractivity contribution is 5.94. The van der Waals surface area contributed by atoms with Crippen molar-refractivity contribution in [3.63, 3.8) is 0 Å². The van der Waals surface area contributed by atoms with Crippen molar-refractivity contribution in [3.05, 3.63) is 29.8 Å². The third-order valence-corrected chi connectivity index (χ3v) is 3.56. The highest BCUT2D eigenvalue weighted by atomic mass is 35.5. The predicted octanol–water partition coefficient (Wildman–Crippen LogP) is 1.89. The summed E-state index contributed by atoms with van der Waals surface area (Å²) < 4.78 is 13.4. The van der Waals surface area contributed by atoms with Crippen molar-refractivity contribution in [1.82, 2.24) is 10.3 Å². The molecule has 0 aliphatic heterocycles. The zero-order valence-electron chi connectivity index (χ0n) is 10.6. The number of rotatable bonds is 4. The SMILES string of the molecule is Cl.NCC(NC(=O)c1ccncc1F)C1CCCC1. The molecule has 0 spiro atoms. The largest absolute Gasteiger partial charge is 0.348 e. The van der Waals surface area contributed by atoms with E-state index in [0.717, 1.165) is 19.0 Å². The lowest BCUT2D eigenvalue weighted by atomic mass is 9.98. The van der Waals surface area contributed by atoms with Gasteiger partial charge in [-0.1, -0.05) is 12.8 Å². The number of hydrogen-bond donors (Lipinski definition) is 2. The molecule has 0 bridgehead atoms. The molecule has 0 aromatic carbocycles. The summed E-state index contributed by atoms with van der Waals surface area (Å²) in [6.45, 7) is 0.392. The van der Waals surface area contributed by atoms with Crippen LogP contribution in [0.3, 0.4) is 0 Å². The topological polar surface area (TPSA) is 68.0 Å². The maximum absolute atomic E-state index is 13.4. The van der Waals surface area contributed by atoms with E-state index in [1.165, 1.54) is 25.1 Å². The number of pyridine rings is 1. The maximum Gasteiger partial charge on any atom is 0.254 e. The molecule has 4 nitrogen and oxygen atoms in total. The second-order valence-electron chi connectivity index (χ2n) is 4.72. The molecule has 1 aromatic heterocycles. The number of aromatic nitrogens is 1. The lowest BCUT2D eigenvalue weighted by molar-refractivity contribution is 0.0920. The van der Waals surface area contributed by atoms with Crippen LogP contribution in [0, 0.1) is 11.7 Å². The molecule has 0 saturated heterocycles. The van der Waals surface area contributed by atoms with Crippen LogP contribution in [0.5, 0.6) is 0 Å². The Morgan fingerprint density at radius 1 is 1.53 bits per heavy atom. The first kappa shape index (κ1) is 15.9. The number of carbonyl (C=O) groups is 1. The Morgan fingerprint density at radius 2 is 2.21 bits per heavy atom. The molecule has 1 fully saturated rings. The van der Waals surface area contributed by atoms with E-state index < -0.39 is 11.7 Å². The molecule has 1 saturated carbocycles. The number of carbonyl (C=O) groups excluding carboxylic acids is 1. The first-order valence-electron chi connectivity index (χ1n) is 6.33. The molecule has 106 valence electrons. The Balaban J connectivity index is 0.00000180. The molecule has 2 rings (SSSR count). The van der Waals surface area contributed by atoms with E-state index >= 15 is 0 Å². The fraction of sp³-hybridized carbons (Fsp3) is 0.538. The third-order valence-electron chi connectivity index (χ3n) is 3.56. The Hall–Kier alpha value is -1.20. The first-order chi connectivity index (χ1) is 8.72. The normalized spacial score (nSPS) is 16.7. The molecular formula is C13H19ClFN3O. The quantitative estimate of drug-likeness (QED) is 0.888. The molecule has 1 atom stereocenters. The van der Waals surface area contributed by atoms with Gasteiger partial charge in [-0.05, 0) is 24.8 Å². The van der Waals surface area contributed by atoms with Gasteiger partial charge in [-0.25, -0.2) is 4.39 Å². The highest BCUT2D eigenvalue weighted by Gasteiger charge is 2.26. The lowest BCUT2D eigenvalue weighted by Crippen LogP contribution is -2.44. The lowest BCUT2D eigenvalue weighted by Gasteiger charge is -2.23. The zero-order valence-corrected chi connectivity index (χ0v) is 11.5. The summed E-state index contributed by atoms with van der Waals surface area (Å²) in [6.07, 6.45) is 6.98. The van der Waals surface area contributed by atoms with E-state index in [1.807, 2.05) is 0 Å². The molecule has 1 aromatic rings. The Bertz CT molecular complexity index is 424. The molecule has 3 N–H and O–H groups in total. The van der Waals surface area contributed by atoms with E-state index in [1.54, 1.807) is 0 Å². The molecule has 1 amide bonds. The number of nitrogens with zero attached hydrogens (tertiary/aromatic N) is 1. The van der Waals surface area contributed by atoms with E-state index in [-0.39, 0.29) is 24.0 Å². The minimum absolute atomic E-state index is 0. The molecule has 0 radical (unpaired) electrons. The number of amides is 1. The summed E-state index contributed by atoms with van der Waals surface area (Å²) in [7, 11) is 0.